The molecule has 1 heterocycles. The number of halogens is 2. The Balaban J connectivity index is 2.74. The zero-order valence-electron chi connectivity index (χ0n) is 4.96. The molecule has 0 aliphatic carbocycles. The summed E-state index contributed by atoms with van der Waals surface area (Å²) in [5, 5.41) is -1.17. The van der Waals surface area contributed by atoms with E-state index in [0.717, 1.165) is 0 Å². The van der Waals surface area contributed by atoms with E-state index < -0.39 is 20.5 Å². The molecular weight excluding hydrogens is 183 g/mol. The Bertz CT molecular complexity index is 215. The zero-order valence-corrected chi connectivity index (χ0v) is 6.53. The van der Waals surface area contributed by atoms with Crippen molar-refractivity contribution in [2.45, 2.75) is 11.4 Å². The van der Waals surface area contributed by atoms with Crippen LogP contribution in [0.4, 0.5) is 4.39 Å². The second kappa shape index (κ2) is 2.64. The lowest BCUT2D eigenvalue weighted by atomic mass is 10.3. The second-order valence-electron chi connectivity index (χ2n) is 2.07. The highest BCUT2D eigenvalue weighted by Crippen LogP contribution is 2.20. The maximum absolute atomic E-state index is 12.5. The highest BCUT2D eigenvalue weighted by Gasteiger charge is 2.37. The minimum absolute atomic E-state index is 0.132. The molecule has 0 aromatic rings. The molecule has 0 aromatic carbocycles. The molecule has 1 aliphatic heterocycles. The van der Waals surface area contributed by atoms with Crippen LogP contribution in [0.5, 0.6) is 0 Å². The van der Waals surface area contributed by atoms with Crippen molar-refractivity contribution in [1.82, 2.24) is 0 Å². The fourth-order valence-corrected chi connectivity index (χ4v) is 1.95. The third kappa shape index (κ3) is 1.59. The van der Waals surface area contributed by atoms with Crippen molar-refractivity contribution in [2.75, 3.05) is 13.2 Å². The van der Waals surface area contributed by atoms with Gasteiger partial charge >= 0.3 is 0 Å². The molecule has 2 atom stereocenters. The third-order valence-electron chi connectivity index (χ3n) is 1.32. The largest absolute Gasteiger partial charge is 0.377 e. The molecule has 0 radical (unpaired) electrons. The molecule has 1 fully saturated rings. The predicted octanol–water partition coefficient (Wildman–Crippen LogP) is 0.292. The van der Waals surface area contributed by atoms with Crippen LogP contribution in [0.15, 0.2) is 0 Å². The van der Waals surface area contributed by atoms with Gasteiger partial charge in [-0.3, -0.25) is 0 Å². The molecule has 0 unspecified atom stereocenters. The molecule has 10 heavy (non-hydrogen) atoms. The number of hydrogen-bond donors (Lipinski definition) is 0. The summed E-state index contributed by atoms with van der Waals surface area (Å²) >= 11 is 0. The van der Waals surface area contributed by atoms with Crippen molar-refractivity contribution < 1.29 is 17.5 Å². The van der Waals surface area contributed by atoms with E-state index in [-0.39, 0.29) is 13.2 Å². The Labute approximate surface area is 62.5 Å². The van der Waals surface area contributed by atoms with Gasteiger partial charge in [0.25, 0.3) is 0 Å². The van der Waals surface area contributed by atoms with E-state index in [1.165, 1.54) is 0 Å². The van der Waals surface area contributed by atoms with Gasteiger partial charge in [-0.1, -0.05) is 0 Å². The molecule has 60 valence electrons. The quantitative estimate of drug-likeness (QED) is 0.556. The van der Waals surface area contributed by atoms with Crippen LogP contribution in [0.1, 0.15) is 0 Å². The van der Waals surface area contributed by atoms with Gasteiger partial charge in [0.05, 0.1) is 13.2 Å². The summed E-state index contributed by atoms with van der Waals surface area (Å²) in [4.78, 5) is 0. The van der Waals surface area contributed by atoms with Crippen molar-refractivity contribution >= 4 is 19.7 Å². The van der Waals surface area contributed by atoms with Crippen LogP contribution in [0.3, 0.4) is 0 Å². The third-order valence-corrected chi connectivity index (χ3v) is 3.17. The predicted molar refractivity (Wildman–Crippen MR) is 34.3 cm³/mol. The van der Waals surface area contributed by atoms with Crippen molar-refractivity contribution in [1.29, 1.82) is 0 Å². The molecule has 0 aromatic heterocycles. The van der Waals surface area contributed by atoms with Crippen molar-refractivity contribution in [3.63, 3.8) is 0 Å². The van der Waals surface area contributed by atoms with E-state index in [0.29, 0.717) is 0 Å². The summed E-state index contributed by atoms with van der Waals surface area (Å²) in [5.74, 6) is 0. The van der Waals surface area contributed by atoms with E-state index in [9.17, 15) is 12.8 Å². The molecular formula is C4H6ClFO3S. The van der Waals surface area contributed by atoms with E-state index in [1.807, 2.05) is 0 Å². The van der Waals surface area contributed by atoms with E-state index in [2.05, 4.69) is 4.74 Å². The molecule has 0 saturated carbocycles. The zero-order chi connectivity index (χ0) is 7.78. The minimum atomic E-state index is -3.78. The van der Waals surface area contributed by atoms with Crippen LogP contribution < -0.4 is 0 Å². The van der Waals surface area contributed by atoms with Crippen LogP contribution in [0.2, 0.25) is 0 Å². The Hall–Kier alpha value is 0.130. The molecule has 0 spiro atoms. The van der Waals surface area contributed by atoms with Crippen molar-refractivity contribution in [3.8, 4) is 0 Å². The summed E-state index contributed by atoms with van der Waals surface area (Å²) in [6, 6.07) is 0. The number of alkyl halides is 1. The average molecular weight is 189 g/mol. The van der Waals surface area contributed by atoms with Gasteiger partial charge in [0.2, 0.25) is 9.05 Å². The molecule has 1 saturated heterocycles. The lowest BCUT2D eigenvalue weighted by Crippen LogP contribution is -2.25. The topological polar surface area (TPSA) is 43.4 Å². The first-order valence-electron chi connectivity index (χ1n) is 2.67. The SMILES string of the molecule is O=S(=O)(Cl)[C@H]1COC[C@@H]1F. The van der Waals surface area contributed by atoms with Gasteiger partial charge in [-0.05, 0) is 0 Å². The summed E-state index contributed by atoms with van der Waals surface area (Å²) in [5.41, 5.74) is 0. The summed E-state index contributed by atoms with van der Waals surface area (Å²) < 4.78 is 38.0. The lowest BCUT2D eigenvalue weighted by Gasteiger charge is -2.03. The Morgan fingerprint density at radius 1 is 1.50 bits per heavy atom. The molecule has 1 rings (SSSR count). The van der Waals surface area contributed by atoms with E-state index in [1.54, 1.807) is 0 Å². The standard InChI is InChI=1S/C4H6ClFO3S/c5-10(7,8)4-2-9-1-3(4)6/h3-4H,1-2H2/t3-,4-/m0/s1. The molecule has 3 nitrogen and oxygen atoms in total. The van der Waals surface area contributed by atoms with E-state index in [4.69, 9.17) is 10.7 Å². The van der Waals surface area contributed by atoms with Crippen molar-refractivity contribution in [2.24, 2.45) is 0 Å². The molecule has 6 heteroatoms. The van der Waals surface area contributed by atoms with Crippen LogP contribution in [0.25, 0.3) is 0 Å². The average Bonchev–Trinajstić information content (AvgIpc) is 2.11. The van der Waals surface area contributed by atoms with Gasteiger partial charge < -0.3 is 4.74 Å². The van der Waals surface area contributed by atoms with Crippen LogP contribution in [-0.4, -0.2) is 33.1 Å². The number of rotatable bonds is 1. The Morgan fingerprint density at radius 3 is 2.30 bits per heavy atom. The van der Waals surface area contributed by atoms with Crippen LogP contribution >= 0.6 is 10.7 Å². The summed E-state index contributed by atoms with van der Waals surface area (Å²) in [6.45, 7) is -0.302. The molecule has 1 aliphatic rings. The maximum Gasteiger partial charge on any atom is 0.240 e. The fourth-order valence-electron chi connectivity index (χ4n) is 0.766. The molecule has 0 amide bonds. The lowest BCUT2D eigenvalue weighted by molar-refractivity contribution is 0.173. The highest BCUT2D eigenvalue weighted by atomic mass is 35.7. The van der Waals surface area contributed by atoms with E-state index >= 15 is 0 Å². The highest BCUT2D eigenvalue weighted by molar-refractivity contribution is 8.14. The minimum Gasteiger partial charge on any atom is -0.377 e. The maximum atomic E-state index is 12.5. The number of ether oxygens (including phenoxy) is 1. The smallest absolute Gasteiger partial charge is 0.240 e. The van der Waals surface area contributed by atoms with Gasteiger partial charge in [0.1, 0.15) is 11.4 Å². The Morgan fingerprint density at radius 2 is 2.10 bits per heavy atom. The summed E-state index contributed by atoms with van der Waals surface area (Å²) in [7, 11) is 1.11. The van der Waals surface area contributed by atoms with Crippen LogP contribution in [-0.2, 0) is 13.8 Å². The first kappa shape index (κ1) is 8.23. The monoisotopic (exact) mass is 188 g/mol. The second-order valence-corrected chi connectivity index (χ2v) is 4.91. The van der Waals surface area contributed by atoms with Gasteiger partial charge in [0.15, 0.2) is 0 Å². The van der Waals surface area contributed by atoms with Gasteiger partial charge in [-0.2, -0.15) is 0 Å². The van der Waals surface area contributed by atoms with Crippen LogP contribution in [0, 0.1) is 0 Å². The summed E-state index contributed by atoms with van der Waals surface area (Å²) in [6.07, 6.45) is -1.47. The normalized spacial score (nSPS) is 34.6. The first-order valence-corrected chi connectivity index (χ1v) is 5.04. The number of hydrogen-bond acceptors (Lipinski definition) is 3. The molecule has 0 N–H and O–H groups in total. The Kier molecular flexibility index (Phi) is 2.17. The van der Waals surface area contributed by atoms with Crippen molar-refractivity contribution in [3.05, 3.63) is 0 Å². The molecule has 0 bridgehead atoms. The van der Waals surface area contributed by atoms with Gasteiger partial charge in [-0.25, -0.2) is 12.8 Å². The van der Waals surface area contributed by atoms with Gasteiger partial charge in [-0.15, -0.1) is 0 Å². The van der Waals surface area contributed by atoms with Gasteiger partial charge in [0, 0.05) is 10.7 Å². The fraction of sp³-hybridized carbons (Fsp3) is 1.00. The first-order chi connectivity index (χ1) is 4.52.